The molecule has 1 aromatic heterocycles. The van der Waals surface area contributed by atoms with Gasteiger partial charge in [0.05, 0.1) is 4.90 Å². The summed E-state index contributed by atoms with van der Waals surface area (Å²) in [4.78, 5) is 0.287. The molecule has 0 atom stereocenters. The third-order valence-corrected chi connectivity index (χ3v) is 5.22. The van der Waals surface area contributed by atoms with Gasteiger partial charge in [-0.1, -0.05) is 18.2 Å². The van der Waals surface area contributed by atoms with E-state index in [1.807, 2.05) is 22.9 Å². The largest absolute Gasteiger partial charge is 0.508 e. The fraction of sp³-hybridized carbons (Fsp3) is 0.0588. The van der Waals surface area contributed by atoms with E-state index in [-0.39, 0.29) is 10.6 Å². The molecule has 0 spiro atoms. The van der Waals surface area contributed by atoms with Crippen LogP contribution in [0.3, 0.4) is 0 Å². The maximum Gasteiger partial charge on any atom is 0.175 e. The molecule has 3 nitrogen and oxygen atoms in total. The standard InChI is InChI=1S/C17H14O3S2/c1-22(19,20)15-6-7-16(13-8-9-21-11-13)17(10-15)12-2-4-14(18)5-3-12/h2-11,18H,1H3. The lowest BCUT2D eigenvalue weighted by molar-refractivity contribution is 0.475. The molecule has 3 aromatic rings. The highest BCUT2D eigenvalue weighted by Gasteiger charge is 2.14. The first-order chi connectivity index (χ1) is 10.4. The van der Waals surface area contributed by atoms with Crippen molar-refractivity contribution >= 4 is 21.2 Å². The lowest BCUT2D eigenvalue weighted by atomic mass is 9.96. The number of thiophene rings is 1. The second kappa shape index (κ2) is 5.59. The summed E-state index contributed by atoms with van der Waals surface area (Å²) in [5, 5.41) is 13.5. The van der Waals surface area contributed by atoms with Gasteiger partial charge in [-0.25, -0.2) is 8.42 Å². The van der Waals surface area contributed by atoms with Gasteiger partial charge >= 0.3 is 0 Å². The van der Waals surface area contributed by atoms with Crippen LogP contribution in [-0.4, -0.2) is 19.8 Å². The van der Waals surface area contributed by atoms with Gasteiger partial charge in [-0.2, -0.15) is 11.3 Å². The SMILES string of the molecule is CS(=O)(=O)c1ccc(-c2ccsc2)c(-c2ccc(O)cc2)c1. The van der Waals surface area contributed by atoms with Crippen LogP contribution < -0.4 is 0 Å². The molecule has 0 fully saturated rings. The minimum absolute atomic E-state index is 0.181. The number of rotatable bonds is 3. The number of phenolic OH excluding ortho intramolecular Hbond substituents is 1. The molecule has 0 unspecified atom stereocenters. The Hall–Kier alpha value is -2.11. The Balaban J connectivity index is 2.25. The van der Waals surface area contributed by atoms with Crippen molar-refractivity contribution in [3.63, 3.8) is 0 Å². The summed E-state index contributed by atoms with van der Waals surface area (Å²) in [6, 6.07) is 13.9. The van der Waals surface area contributed by atoms with Gasteiger partial charge in [0.2, 0.25) is 0 Å². The number of hydrogen-bond donors (Lipinski definition) is 1. The topological polar surface area (TPSA) is 54.4 Å². The van der Waals surface area contributed by atoms with E-state index in [1.165, 1.54) is 6.26 Å². The van der Waals surface area contributed by atoms with Crippen LogP contribution in [0.25, 0.3) is 22.3 Å². The summed E-state index contributed by atoms with van der Waals surface area (Å²) in [6.45, 7) is 0. The minimum Gasteiger partial charge on any atom is -0.508 e. The highest BCUT2D eigenvalue weighted by Crippen LogP contribution is 2.35. The second-order valence-electron chi connectivity index (χ2n) is 5.04. The highest BCUT2D eigenvalue weighted by atomic mass is 32.2. The second-order valence-corrected chi connectivity index (χ2v) is 7.83. The minimum atomic E-state index is -3.27. The molecule has 0 radical (unpaired) electrons. The Kier molecular flexibility index (Phi) is 3.76. The fourth-order valence-electron chi connectivity index (χ4n) is 2.30. The molecule has 3 rings (SSSR count). The van der Waals surface area contributed by atoms with Crippen molar-refractivity contribution < 1.29 is 13.5 Å². The van der Waals surface area contributed by atoms with Crippen molar-refractivity contribution in [2.75, 3.05) is 6.26 Å². The van der Waals surface area contributed by atoms with Crippen LogP contribution in [0.15, 0.2) is 64.2 Å². The fourth-order valence-corrected chi connectivity index (χ4v) is 3.61. The predicted molar refractivity (Wildman–Crippen MR) is 90.0 cm³/mol. The highest BCUT2D eigenvalue weighted by molar-refractivity contribution is 7.90. The van der Waals surface area contributed by atoms with Gasteiger partial charge in [-0.15, -0.1) is 0 Å². The van der Waals surface area contributed by atoms with Crippen molar-refractivity contribution in [2.45, 2.75) is 4.90 Å². The van der Waals surface area contributed by atoms with Gasteiger partial charge in [0.15, 0.2) is 9.84 Å². The Morgan fingerprint density at radius 3 is 2.23 bits per heavy atom. The first-order valence-corrected chi connectivity index (χ1v) is 9.45. The van der Waals surface area contributed by atoms with E-state index in [0.717, 1.165) is 22.3 Å². The van der Waals surface area contributed by atoms with E-state index in [9.17, 15) is 13.5 Å². The van der Waals surface area contributed by atoms with Crippen LogP contribution in [0.4, 0.5) is 0 Å². The zero-order valence-corrected chi connectivity index (χ0v) is 13.5. The number of aromatic hydroxyl groups is 1. The van der Waals surface area contributed by atoms with Gasteiger partial charge in [0.1, 0.15) is 5.75 Å². The van der Waals surface area contributed by atoms with E-state index in [1.54, 1.807) is 47.7 Å². The monoisotopic (exact) mass is 330 g/mol. The van der Waals surface area contributed by atoms with Gasteiger partial charge < -0.3 is 5.11 Å². The number of phenols is 1. The molecule has 1 heterocycles. The third kappa shape index (κ3) is 2.91. The number of hydrogen-bond acceptors (Lipinski definition) is 4. The molecular formula is C17H14O3S2. The molecule has 22 heavy (non-hydrogen) atoms. The average Bonchev–Trinajstić information content (AvgIpc) is 3.00. The molecule has 0 bridgehead atoms. The number of sulfone groups is 1. The predicted octanol–water partition coefficient (Wildman–Crippen LogP) is 4.19. The molecule has 0 saturated heterocycles. The van der Waals surface area contributed by atoms with Crippen molar-refractivity contribution in [3.8, 4) is 28.0 Å². The van der Waals surface area contributed by atoms with E-state index < -0.39 is 9.84 Å². The first-order valence-electron chi connectivity index (χ1n) is 6.61. The van der Waals surface area contributed by atoms with Crippen molar-refractivity contribution in [1.82, 2.24) is 0 Å². The first kappa shape index (κ1) is 14.8. The molecule has 112 valence electrons. The van der Waals surface area contributed by atoms with Crippen LogP contribution in [-0.2, 0) is 9.84 Å². The van der Waals surface area contributed by atoms with Crippen LogP contribution >= 0.6 is 11.3 Å². The zero-order chi connectivity index (χ0) is 15.7. The normalized spacial score (nSPS) is 11.5. The van der Waals surface area contributed by atoms with E-state index >= 15 is 0 Å². The van der Waals surface area contributed by atoms with Crippen LogP contribution in [0.5, 0.6) is 5.75 Å². The molecule has 0 amide bonds. The molecule has 5 heteroatoms. The Bertz CT molecular complexity index is 894. The number of benzene rings is 2. The smallest absolute Gasteiger partial charge is 0.175 e. The van der Waals surface area contributed by atoms with Gasteiger partial charge in [-0.3, -0.25) is 0 Å². The van der Waals surface area contributed by atoms with E-state index in [4.69, 9.17) is 0 Å². The quantitative estimate of drug-likeness (QED) is 0.783. The average molecular weight is 330 g/mol. The molecular weight excluding hydrogens is 316 g/mol. The van der Waals surface area contributed by atoms with E-state index in [2.05, 4.69) is 0 Å². The van der Waals surface area contributed by atoms with Crippen LogP contribution in [0, 0.1) is 0 Å². The zero-order valence-electron chi connectivity index (χ0n) is 11.9. The molecule has 0 aliphatic carbocycles. The van der Waals surface area contributed by atoms with E-state index in [0.29, 0.717) is 0 Å². The maximum absolute atomic E-state index is 11.8. The van der Waals surface area contributed by atoms with Crippen molar-refractivity contribution in [3.05, 3.63) is 59.3 Å². The molecule has 2 aromatic carbocycles. The molecule has 0 aliphatic rings. The summed E-state index contributed by atoms with van der Waals surface area (Å²) in [6.07, 6.45) is 1.20. The van der Waals surface area contributed by atoms with Crippen molar-refractivity contribution in [1.29, 1.82) is 0 Å². The third-order valence-electron chi connectivity index (χ3n) is 3.43. The Morgan fingerprint density at radius 1 is 0.909 bits per heavy atom. The lowest BCUT2D eigenvalue weighted by Crippen LogP contribution is -1.98. The van der Waals surface area contributed by atoms with Crippen LogP contribution in [0.2, 0.25) is 0 Å². The molecule has 0 aliphatic heterocycles. The van der Waals surface area contributed by atoms with Gasteiger partial charge in [-0.05, 0) is 63.3 Å². The maximum atomic E-state index is 11.8. The Morgan fingerprint density at radius 2 is 1.64 bits per heavy atom. The van der Waals surface area contributed by atoms with Gasteiger partial charge in [0.25, 0.3) is 0 Å². The van der Waals surface area contributed by atoms with Gasteiger partial charge in [0, 0.05) is 6.26 Å². The van der Waals surface area contributed by atoms with Crippen molar-refractivity contribution in [2.24, 2.45) is 0 Å². The Labute approximate surface area is 133 Å². The lowest BCUT2D eigenvalue weighted by Gasteiger charge is -2.11. The summed E-state index contributed by atoms with van der Waals surface area (Å²) in [5.41, 5.74) is 3.72. The molecule has 1 N–H and O–H groups in total. The summed E-state index contributed by atoms with van der Waals surface area (Å²) < 4.78 is 23.7. The summed E-state index contributed by atoms with van der Waals surface area (Å²) in [7, 11) is -3.27. The van der Waals surface area contributed by atoms with Crippen LogP contribution in [0.1, 0.15) is 0 Å². The molecule has 0 saturated carbocycles. The summed E-state index contributed by atoms with van der Waals surface area (Å²) >= 11 is 1.59. The summed E-state index contributed by atoms with van der Waals surface area (Å²) in [5.74, 6) is 0.181.